The van der Waals surface area contributed by atoms with E-state index in [2.05, 4.69) is 39.4 Å². The third-order valence-corrected chi connectivity index (χ3v) is 8.76. The van der Waals surface area contributed by atoms with Crippen molar-refractivity contribution in [1.82, 2.24) is 14.8 Å². The molecule has 9 nitrogen and oxygen atoms in total. The third-order valence-electron chi connectivity index (χ3n) is 7.36. The molecule has 10 heteroatoms. The summed E-state index contributed by atoms with van der Waals surface area (Å²) in [4.78, 5) is 13.8. The Morgan fingerprint density at radius 2 is 1.74 bits per heavy atom. The second-order valence-electron chi connectivity index (χ2n) is 11.5. The lowest BCUT2D eigenvalue weighted by atomic mass is 9.99. The summed E-state index contributed by atoms with van der Waals surface area (Å²) in [6.07, 6.45) is 0.750. The van der Waals surface area contributed by atoms with E-state index in [0.717, 1.165) is 36.0 Å². The number of carboxylic acids is 1. The molecule has 4 N–H and O–H groups in total. The molecule has 0 aliphatic rings. The lowest BCUT2D eigenvalue weighted by Crippen LogP contribution is -2.42. The van der Waals surface area contributed by atoms with Gasteiger partial charge < -0.3 is 25.0 Å². The number of aryl methyl sites for hydroxylation is 1. The van der Waals surface area contributed by atoms with Crippen LogP contribution in [0.1, 0.15) is 48.0 Å². The van der Waals surface area contributed by atoms with Gasteiger partial charge in [-0.2, -0.15) is 0 Å². The number of aliphatic hydroxyl groups excluding tert-OH is 1. The van der Waals surface area contributed by atoms with E-state index >= 15 is 0 Å². The Bertz CT molecular complexity index is 1630. The maximum atomic E-state index is 12.7. The van der Waals surface area contributed by atoms with Gasteiger partial charge in [0, 0.05) is 53.9 Å². The zero-order chi connectivity index (χ0) is 30.5. The summed E-state index contributed by atoms with van der Waals surface area (Å²) in [5, 5.41) is 24.8. The van der Waals surface area contributed by atoms with Crippen LogP contribution in [0.25, 0.3) is 10.9 Å². The molecule has 0 aliphatic heterocycles. The lowest BCUT2D eigenvalue weighted by molar-refractivity contribution is 0.0697. The Hall–Kier alpha value is -3.70. The molecule has 3 aromatic carbocycles. The number of anilines is 1. The monoisotopic (exact) mass is 592 g/mol. The molecule has 1 heterocycles. The number of aromatic carboxylic acids is 1. The number of aromatic nitrogens is 1. The first-order valence-corrected chi connectivity index (χ1v) is 15.4. The molecule has 4 aromatic rings. The van der Waals surface area contributed by atoms with Crippen LogP contribution >= 0.6 is 0 Å². The number of likely N-dealkylation sites (N-methyl/N-ethyl adjacent to an activating group) is 1. The van der Waals surface area contributed by atoms with Crippen molar-refractivity contribution in [2.24, 2.45) is 0 Å². The minimum atomic E-state index is -3.74. The topological polar surface area (TPSA) is 124 Å². The van der Waals surface area contributed by atoms with Gasteiger partial charge in [-0.1, -0.05) is 30.3 Å². The molecule has 224 valence electrons. The highest BCUT2D eigenvalue weighted by Gasteiger charge is 2.22. The highest BCUT2D eigenvalue weighted by molar-refractivity contribution is 7.92. The number of carbonyl (C=O) groups is 1. The molecule has 0 aliphatic carbocycles. The number of hydrogen-bond acceptors (Lipinski definition) is 6. The van der Waals surface area contributed by atoms with E-state index in [9.17, 15) is 23.4 Å². The summed E-state index contributed by atoms with van der Waals surface area (Å²) in [5.41, 5.74) is 3.07. The molecule has 0 saturated heterocycles. The number of hydrogen-bond donors (Lipinski definition) is 4. The van der Waals surface area contributed by atoms with Crippen molar-refractivity contribution in [3.63, 3.8) is 0 Å². The van der Waals surface area contributed by atoms with Gasteiger partial charge in [-0.25, -0.2) is 13.2 Å². The summed E-state index contributed by atoms with van der Waals surface area (Å²) in [7, 11) is 0.323. The molecule has 4 rings (SSSR count). The van der Waals surface area contributed by atoms with Gasteiger partial charge in [-0.05, 0) is 88.5 Å². The lowest BCUT2D eigenvalue weighted by Gasteiger charge is -2.29. The maximum absolute atomic E-state index is 12.7. The van der Waals surface area contributed by atoms with Crippen molar-refractivity contribution in [3.05, 3.63) is 95.7 Å². The van der Waals surface area contributed by atoms with Gasteiger partial charge >= 0.3 is 5.97 Å². The Morgan fingerprint density at radius 3 is 2.43 bits per heavy atom. The highest BCUT2D eigenvalue weighted by Crippen LogP contribution is 2.25. The predicted molar refractivity (Wildman–Crippen MR) is 167 cm³/mol. The summed E-state index contributed by atoms with van der Waals surface area (Å²) < 4.78 is 30.3. The number of rotatable bonds is 14. The van der Waals surface area contributed by atoms with Crippen LogP contribution in [0.4, 0.5) is 5.69 Å². The Kier molecular flexibility index (Phi) is 9.73. The Morgan fingerprint density at radius 1 is 1.00 bits per heavy atom. The van der Waals surface area contributed by atoms with Crippen LogP contribution in [0, 0.1) is 0 Å². The summed E-state index contributed by atoms with van der Waals surface area (Å²) in [6, 6.07) is 22.3. The smallest absolute Gasteiger partial charge is 0.335 e. The van der Waals surface area contributed by atoms with Gasteiger partial charge in [0.2, 0.25) is 0 Å². The quantitative estimate of drug-likeness (QED) is 0.167. The summed E-state index contributed by atoms with van der Waals surface area (Å²) >= 11 is 0. The first kappa shape index (κ1) is 31.2. The van der Waals surface area contributed by atoms with Crippen LogP contribution in [0.5, 0.6) is 0 Å². The second kappa shape index (κ2) is 13.1. The average Bonchev–Trinajstić information content (AvgIpc) is 3.31. The number of carboxylic acid groups (broad SMARTS) is 1. The third kappa shape index (κ3) is 7.98. The number of β-amino-alcohol motifs (C(OH)–C–C–N with tert-alkyl or cyclic N) is 1. The molecule has 1 aromatic heterocycles. The standard InChI is InChI=1S/C32H40N4O5S/c1-32(2,16-18-36-27(15-17-35(3)4)21-25-19-24(31(38)39)13-14-29(25)36)33-22-30(37)23-9-8-10-26(20-23)34-42(40,41)28-11-6-5-7-12-28/h5-14,19-21,30,33-34,37H,15-18,22H2,1-4H3,(H,38,39)/t30-/m0/s1. The van der Waals surface area contributed by atoms with E-state index < -0.39 is 22.1 Å². The molecule has 0 amide bonds. The fraction of sp³-hybridized carbons (Fsp3) is 0.344. The average molecular weight is 593 g/mol. The van der Waals surface area contributed by atoms with Crippen molar-refractivity contribution in [1.29, 1.82) is 0 Å². The number of nitrogens with zero attached hydrogens (tertiary/aromatic N) is 2. The van der Waals surface area contributed by atoms with Crippen molar-refractivity contribution in [2.45, 2.75) is 49.8 Å². The number of benzene rings is 3. The molecule has 0 fully saturated rings. The fourth-order valence-electron chi connectivity index (χ4n) is 4.86. The normalized spacial score (nSPS) is 13.0. The van der Waals surface area contributed by atoms with Crippen LogP contribution < -0.4 is 10.0 Å². The van der Waals surface area contributed by atoms with Crippen LogP contribution in [-0.2, 0) is 23.0 Å². The molecule has 0 saturated carbocycles. The Balaban J connectivity index is 1.42. The van der Waals surface area contributed by atoms with Gasteiger partial charge in [-0.3, -0.25) is 4.72 Å². The molecule has 1 atom stereocenters. The van der Waals surface area contributed by atoms with Crippen molar-refractivity contribution >= 4 is 32.6 Å². The van der Waals surface area contributed by atoms with E-state index in [1.807, 2.05) is 20.2 Å². The number of fused-ring (bicyclic) bond motifs is 1. The molecular formula is C32H40N4O5S. The minimum absolute atomic E-state index is 0.169. The first-order valence-electron chi connectivity index (χ1n) is 14.0. The fourth-order valence-corrected chi connectivity index (χ4v) is 5.93. The molecule has 0 bridgehead atoms. The Labute approximate surface area is 247 Å². The molecule has 0 radical (unpaired) electrons. The van der Waals surface area contributed by atoms with E-state index in [1.165, 1.54) is 12.1 Å². The van der Waals surface area contributed by atoms with Crippen molar-refractivity contribution < 1.29 is 23.4 Å². The SMILES string of the molecule is CN(C)CCc1cc2cc(C(=O)O)ccc2n1CCC(C)(C)NC[C@H](O)c1cccc(NS(=O)(=O)c2ccccc2)c1. The van der Waals surface area contributed by atoms with Crippen LogP contribution in [0.15, 0.2) is 83.8 Å². The molecule has 42 heavy (non-hydrogen) atoms. The number of sulfonamides is 1. The van der Waals surface area contributed by atoms with Gasteiger partial charge in [0.1, 0.15) is 0 Å². The van der Waals surface area contributed by atoms with Crippen LogP contribution in [-0.4, -0.2) is 66.8 Å². The molecule has 0 spiro atoms. The largest absolute Gasteiger partial charge is 0.478 e. The summed E-state index contributed by atoms with van der Waals surface area (Å²) in [6.45, 7) is 6.03. The van der Waals surface area contributed by atoms with Crippen LogP contribution in [0.2, 0.25) is 0 Å². The van der Waals surface area contributed by atoms with E-state index in [1.54, 1.807) is 54.6 Å². The van der Waals surface area contributed by atoms with Crippen molar-refractivity contribution in [3.8, 4) is 0 Å². The molecular weight excluding hydrogens is 552 g/mol. The summed E-state index contributed by atoms with van der Waals surface area (Å²) in [5.74, 6) is -0.942. The predicted octanol–water partition coefficient (Wildman–Crippen LogP) is 4.74. The van der Waals surface area contributed by atoms with E-state index in [0.29, 0.717) is 17.8 Å². The van der Waals surface area contributed by atoms with Crippen molar-refractivity contribution in [2.75, 3.05) is 31.9 Å². The van der Waals surface area contributed by atoms with Gasteiger partial charge in [0.15, 0.2) is 0 Å². The van der Waals surface area contributed by atoms with Gasteiger partial charge in [-0.15, -0.1) is 0 Å². The second-order valence-corrected chi connectivity index (χ2v) is 13.2. The van der Waals surface area contributed by atoms with E-state index in [-0.39, 0.29) is 22.5 Å². The zero-order valence-corrected chi connectivity index (χ0v) is 25.4. The molecule has 0 unspecified atom stereocenters. The minimum Gasteiger partial charge on any atom is -0.478 e. The maximum Gasteiger partial charge on any atom is 0.335 e. The van der Waals surface area contributed by atoms with Gasteiger partial charge in [0.05, 0.1) is 16.6 Å². The highest BCUT2D eigenvalue weighted by atomic mass is 32.2. The first-order chi connectivity index (χ1) is 19.8. The zero-order valence-electron chi connectivity index (χ0n) is 24.5. The van der Waals surface area contributed by atoms with E-state index in [4.69, 9.17) is 0 Å². The van der Waals surface area contributed by atoms with Gasteiger partial charge in [0.25, 0.3) is 10.0 Å². The number of nitrogens with one attached hydrogen (secondary N) is 2. The number of aliphatic hydroxyl groups is 1. The van der Waals surface area contributed by atoms with Crippen LogP contribution in [0.3, 0.4) is 0 Å².